The van der Waals surface area contributed by atoms with Gasteiger partial charge in [0.25, 0.3) is 0 Å². The first kappa shape index (κ1) is 20.3. The van der Waals surface area contributed by atoms with Crippen LogP contribution in [0.1, 0.15) is 53.4 Å². The minimum atomic E-state index is -0.133. The van der Waals surface area contributed by atoms with E-state index in [0.717, 1.165) is 0 Å². The van der Waals surface area contributed by atoms with Crippen LogP contribution in [-0.2, 0) is 19.2 Å². The van der Waals surface area contributed by atoms with Crippen molar-refractivity contribution in [1.29, 1.82) is 0 Å². The number of nitrogens with one attached hydrogen (secondary N) is 2. The standard InChI is InChI=1S/C18H30N2O4/c1-11(2)15(21)9-19-17(23)13-5-7-14(8-6-13)18(24)20-10-16(22)12(3)4/h11-14H,5-10H2,1-4H3,(H,19,23)(H,20,24). The van der Waals surface area contributed by atoms with Crippen LogP contribution in [0.25, 0.3) is 0 Å². The second-order valence-electron chi connectivity index (χ2n) is 7.23. The van der Waals surface area contributed by atoms with Gasteiger partial charge in [0.15, 0.2) is 11.6 Å². The maximum absolute atomic E-state index is 12.1. The molecule has 2 N–H and O–H groups in total. The molecule has 0 bridgehead atoms. The second kappa shape index (κ2) is 9.55. The predicted molar refractivity (Wildman–Crippen MR) is 91.2 cm³/mol. The SMILES string of the molecule is CC(C)C(=O)CNC(=O)C1CCC(C(=O)NCC(=O)C(C)C)CC1. The molecule has 0 unspecified atom stereocenters. The average Bonchev–Trinajstić information content (AvgIpc) is 2.56. The van der Waals surface area contributed by atoms with Crippen molar-refractivity contribution in [2.75, 3.05) is 13.1 Å². The largest absolute Gasteiger partial charge is 0.349 e. The maximum Gasteiger partial charge on any atom is 0.223 e. The molecule has 0 aromatic heterocycles. The van der Waals surface area contributed by atoms with E-state index in [1.54, 1.807) is 0 Å². The van der Waals surface area contributed by atoms with E-state index in [-0.39, 0.29) is 60.1 Å². The number of Topliss-reactive ketones (excluding diaryl/α,β-unsaturated/α-hetero) is 2. The van der Waals surface area contributed by atoms with Gasteiger partial charge in [0, 0.05) is 23.7 Å². The Morgan fingerprint density at radius 3 is 1.25 bits per heavy atom. The number of hydrogen-bond donors (Lipinski definition) is 2. The zero-order valence-electron chi connectivity index (χ0n) is 15.2. The van der Waals surface area contributed by atoms with Crippen LogP contribution < -0.4 is 10.6 Å². The van der Waals surface area contributed by atoms with Gasteiger partial charge in [0.1, 0.15) is 0 Å². The zero-order valence-corrected chi connectivity index (χ0v) is 15.2. The summed E-state index contributed by atoms with van der Waals surface area (Å²) in [6, 6.07) is 0. The first-order valence-corrected chi connectivity index (χ1v) is 8.83. The molecular formula is C18H30N2O4. The highest BCUT2D eigenvalue weighted by Crippen LogP contribution is 2.29. The fourth-order valence-electron chi connectivity index (χ4n) is 2.66. The van der Waals surface area contributed by atoms with Gasteiger partial charge in [-0.3, -0.25) is 19.2 Å². The molecule has 6 nitrogen and oxygen atoms in total. The Labute approximate surface area is 144 Å². The topological polar surface area (TPSA) is 92.3 Å². The number of ketones is 2. The van der Waals surface area contributed by atoms with Gasteiger partial charge in [-0.05, 0) is 25.7 Å². The van der Waals surface area contributed by atoms with E-state index in [9.17, 15) is 19.2 Å². The number of carbonyl (C=O) groups excluding carboxylic acids is 4. The van der Waals surface area contributed by atoms with Gasteiger partial charge < -0.3 is 10.6 Å². The van der Waals surface area contributed by atoms with E-state index >= 15 is 0 Å². The molecule has 0 aromatic rings. The molecule has 0 spiro atoms. The van der Waals surface area contributed by atoms with Crippen LogP contribution in [0.4, 0.5) is 0 Å². The van der Waals surface area contributed by atoms with Gasteiger partial charge in [0.05, 0.1) is 13.1 Å². The van der Waals surface area contributed by atoms with Crippen molar-refractivity contribution >= 4 is 23.4 Å². The summed E-state index contributed by atoms with van der Waals surface area (Å²) in [4.78, 5) is 47.3. The van der Waals surface area contributed by atoms with Crippen LogP contribution in [0.15, 0.2) is 0 Å². The highest BCUT2D eigenvalue weighted by atomic mass is 16.2. The lowest BCUT2D eigenvalue weighted by molar-refractivity contribution is -0.132. The quantitative estimate of drug-likeness (QED) is 0.701. The van der Waals surface area contributed by atoms with Crippen LogP contribution in [0, 0.1) is 23.7 Å². The second-order valence-corrected chi connectivity index (χ2v) is 7.23. The van der Waals surface area contributed by atoms with Crippen molar-refractivity contribution in [3.63, 3.8) is 0 Å². The molecule has 1 saturated carbocycles. The number of hydrogen-bond acceptors (Lipinski definition) is 4. The summed E-state index contributed by atoms with van der Waals surface area (Å²) in [6.07, 6.45) is 2.55. The van der Waals surface area contributed by atoms with Crippen LogP contribution in [0.2, 0.25) is 0 Å². The summed E-state index contributed by atoms with van der Waals surface area (Å²) < 4.78 is 0. The van der Waals surface area contributed by atoms with Crippen LogP contribution in [0.5, 0.6) is 0 Å². The van der Waals surface area contributed by atoms with Gasteiger partial charge in [-0.15, -0.1) is 0 Å². The summed E-state index contributed by atoms with van der Waals surface area (Å²) in [6.45, 7) is 7.39. The summed E-state index contributed by atoms with van der Waals surface area (Å²) in [5, 5.41) is 5.39. The van der Waals surface area contributed by atoms with E-state index in [4.69, 9.17) is 0 Å². The van der Waals surface area contributed by atoms with Crippen LogP contribution in [0.3, 0.4) is 0 Å². The highest BCUT2D eigenvalue weighted by Gasteiger charge is 2.30. The molecule has 0 saturated heterocycles. The Balaban J connectivity index is 2.32. The maximum atomic E-state index is 12.1. The third kappa shape index (κ3) is 6.42. The van der Waals surface area contributed by atoms with Crippen molar-refractivity contribution in [3.8, 4) is 0 Å². The summed E-state index contributed by atoms with van der Waals surface area (Å²) in [5.74, 6) is -0.595. The Hall–Kier alpha value is -1.72. The molecule has 24 heavy (non-hydrogen) atoms. The molecule has 1 rings (SSSR count). The molecule has 136 valence electrons. The molecule has 0 aliphatic heterocycles. The van der Waals surface area contributed by atoms with E-state index in [0.29, 0.717) is 25.7 Å². The van der Waals surface area contributed by atoms with E-state index in [2.05, 4.69) is 10.6 Å². The van der Waals surface area contributed by atoms with Gasteiger partial charge in [-0.2, -0.15) is 0 Å². The van der Waals surface area contributed by atoms with Crippen molar-refractivity contribution in [3.05, 3.63) is 0 Å². The molecule has 1 aliphatic rings. The van der Waals surface area contributed by atoms with E-state index in [1.165, 1.54) is 0 Å². The van der Waals surface area contributed by atoms with Gasteiger partial charge >= 0.3 is 0 Å². The lowest BCUT2D eigenvalue weighted by Gasteiger charge is -2.27. The summed E-state index contributed by atoms with van der Waals surface area (Å²) in [5.41, 5.74) is 0. The lowest BCUT2D eigenvalue weighted by Crippen LogP contribution is -2.40. The number of rotatable bonds is 8. The van der Waals surface area contributed by atoms with Gasteiger partial charge in [-0.25, -0.2) is 0 Å². The van der Waals surface area contributed by atoms with Gasteiger partial charge in [-0.1, -0.05) is 27.7 Å². The monoisotopic (exact) mass is 338 g/mol. The molecule has 0 radical (unpaired) electrons. The molecule has 6 heteroatoms. The molecule has 1 fully saturated rings. The Kier molecular flexibility index (Phi) is 8.08. The minimum Gasteiger partial charge on any atom is -0.349 e. The Bertz CT molecular complexity index is 433. The molecular weight excluding hydrogens is 308 g/mol. The van der Waals surface area contributed by atoms with Gasteiger partial charge in [0.2, 0.25) is 11.8 Å². The minimum absolute atomic E-state index is 0.0197. The molecule has 0 heterocycles. The first-order chi connectivity index (χ1) is 11.2. The molecule has 1 aliphatic carbocycles. The highest BCUT2D eigenvalue weighted by molar-refractivity contribution is 5.89. The molecule has 0 aromatic carbocycles. The summed E-state index contributed by atoms with van der Waals surface area (Å²) in [7, 11) is 0. The normalized spacial score (nSPS) is 20.8. The smallest absolute Gasteiger partial charge is 0.223 e. The summed E-state index contributed by atoms with van der Waals surface area (Å²) >= 11 is 0. The zero-order chi connectivity index (χ0) is 18.3. The first-order valence-electron chi connectivity index (χ1n) is 8.83. The fraction of sp³-hybridized carbons (Fsp3) is 0.778. The van der Waals surface area contributed by atoms with Crippen molar-refractivity contribution in [1.82, 2.24) is 10.6 Å². The number of amides is 2. The van der Waals surface area contributed by atoms with E-state index < -0.39 is 0 Å². The van der Waals surface area contributed by atoms with Crippen LogP contribution in [-0.4, -0.2) is 36.5 Å². The lowest BCUT2D eigenvalue weighted by atomic mass is 9.81. The number of carbonyl (C=O) groups is 4. The fourth-order valence-corrected chi connectivity index (χ4v) is 2.66. The van der Waals surface area contributed by atoms with E-state index in [1.807, 2.05) is 27.7 Å². The average molecular weight is 338 g/mol. The molecule has 0 atom stereocenters. The van der Waals surface area contributed by atoms with Crippen LogP contribution >= 0.6 is 0 Å². The van der Waals surface area contributed by atoms with Crippen molar-refractivity contribution < 1.29 is 19.2 Å². The Morgan fingerprint density at radius 2 is 1.00 bits per heavy atom. The molecule has 2 amide bonds. The predicted octanol–water partition coefficient (Wildman–Crippen LogP) is 1.48. The third-order valence-corrected chi connectivity index (χ3v) is 4.63. The third-order valence-electron chi connectivity index (χ3n) is 4.63. The van der Waals surface area contributed by atoms with Crippen molar-refractivity contribution in [2.45, 2.75) is 53.4 Å². The Morgan fingerprint density at radius 1 is 0.708 bits per heavy atom. The van der Waals surface area contributed by atoms with Crippen molar-refractivity contribution in [2.24, 2.45) is 23.7 Å².